The highest BCUT2D eigenvalue weighted by molar-refractivity contribution is 6.06. The average molecular weight is 345 g/mol. The second kappa shape index (κ2) is 7.99. The SMILES string of the molecule is CCCC1(C)NC(=O)N(CC(O)COc2ccc(CC#N)cc2)C1=O. The maximum absolute atomic E-state index is 12.4. The van der Waals surface area contributed by atoms with Crippen molar-refractivity contribution in [3.63, 3.8) is 0 Å². The van der Waals surface area contributed by atoms with Gasteiger partial charge in [0.2, 0.25) is 0 Å². The molecule has 1 fully saturated rings. The van der Waals surface area contributed by atoms with Crippen LogP contribution in [0.25, 0.3) is 0 Å². The van der Waals surface area contributed by atoms with Gasteiger partial charge < -0.3 is 15.2 Å². The molecular formula is C18H23N3O4. The van der Waals surface area contributed by atoms with E-state index < -0.39 is 17.7 Å². The molecule has 1 aromatic carbocycles. The molecule has 0 aliphatic carbocycles. The van der Waals surface area contributed by atoms with Gasteiger partial charge in [0, 0.05) is 0 Å². The lowest BCUT2D eigenvalue weighted by Crippen LogP contribution is -2.44. The number of nitrogens with zero attached hydrogens (tertiary/aromatic N) is 2. The van der Waals surface area contributed by atoms with Gasteiger partial charge in [-0.25, -0.2) is 4.79 Å². The third kappa shape index (κ3) is 4.48. The monoisotopic (exact) mass is 345 g/mol. The van der Waals surface area contributed by atoms with Crippen molar-refractivity contribution >= 4 is 11.9 Å². The minimum atomic E-state index is -0.988. The lowest BCUT2D eigenvalue weighted by atomic mass is 9.96. The van der Waals surface area contributed by atoms with Crippen molar-refractivity contribution in [2.24, 2.45) is 0 Å². The fourth-order valence-corrected chi connectivity index (χ4v) is 2.83. The van der Waals surface area contributed by atoms with Crippen LogP contribution in [0, 0.1) is 11.3 Å². The molecule has 1 aromatic rings. The number of nitriles is 1. The number of β-amino-alcohol motifs (C(OH)–C–C–N with tert-alkyl or cyclic N) is 1. The molecular weight excluding hydrogens is 322 g/mol. The molecule has 134 valence electrons. The topological polar surface area (TPSA) is 103 Å². The highest BCUT2D eigenvalue weighted by Crippen LogP contribution is 2.22. The number of benzene rings is 1. The van der Waals surface area contributed by atoms with Gasteiger partial charge in [0.1, 0.15) is 24.0 Å². The van der Waals surface area contributed by atoms with Crippen LogP contribution in [0.3, 0.4) is 0 Å². The van der Waals surface area contributed by atoms with E-state index >= 15 is 0 Å². The second-order valence-corrected chi connectivity index (χ2v) is 6.37. The van der Waals surface area contributed by atoms with E-state index in [4.69, 9.17) is 10.00 Å². The Morgan fingerprint density at radius 1 is 1.36 bits per heavy atom. The summed E-state index contributed by atoms with van der Waals surface area (Å²) in [6.07, 6.45) is 0.656. The summed E-state index contributed by atoms with van der Waals surface area (Å²) in [6.45, 7) is 3.48. The number of imide groups is 1. The van der Waals surface area contributed by atoms with Crippen molar-refractivity contribution in [1.82, 2.24) is 10.2 Å². The Labute approximate surface area is 147 Å². The molecule has 7 nitrogen and oxygen atoms in total. The summed E-state index contributed by atoms with van der Waals surface area (Å²) in [5.41, 5.74) is -0.0202. The summed E-state index contributed by atoms with van der Waals surface area (Å²) in [5, 5.41) is 21.4. The first-order valence-electron chi connectivity index (χ1n) is 8.30. The molecule has 0 spiro atoms. The van der Waals surface area contributed by atoms with Crippen molar-refractivity contribution in [2.75, 3.05) is 13.2 Å². The van der Waals surface area contributed by atoms with Gasteiger partial charge in [-0.2, -0.15) is 5.26 Å². The first kappa shape index (κ1) is 18.7. The molecule has 1 aliphatic heterocycles. The summed E-state index contributed by atoms with van der Waals surface area (Å²) >= 11 is 0. The highest BCUT2D eigenvalue weighted by Gasteiger charge is 2.47. The van der Waals surface area contributed by atoms with Crippen molar-refractivity contribution in [1.29, 1.82) is 5.26 Å². The van der Waals surface area contributed by atoms with Crippen LogP contribution in [0.5, 0.6) is 5.75 Å². The van der Waals surface area contributed by atoms with Gasteiger partial charge in [0.15, 0.2) is 0 Å². The third-order valence-electron chi connectivity index (χ3n) is 4.14. The first-order valence-corrected chi connectivity index (χ1v) is 8.30. The normalized spacial score (nSPS) is 21.0. The van der Waals surface area contributed by atoms with E-state index in [9.17, 15) is 14.7 Å². The number of aliphatic hydroxyl groups is 1. The van der Waals surface area contributed by atoms with Gasteiger partial charge in [-0.15, -0.1) is 0 Å². The molecule has 1 aliphatic rings. The molecule has 0 aromatic heterocycles. The van der Waals surface area contributed by atoms with Gasteiger partial charge in [-0.3, -0.25) is 9.69 Å². The van der Waals surface area contributed by atoms with Crippen molar-refractivity contribution in [3.05, 3.63) is 29.8 Å². The van der Waals surface area contributed by atoms with Crippen LogP contribution in [0.4, 0.5) is 4.79 Å². The van der Waals surface area contributed by atoms with Crippen LogP contribution >= 0.6 is 0 Å². The number of urea groups is 1. The van der Waals surface area contributed by atoms with Crippen LogP contribution < -0.4 is 10.1 Å². The van der Waals surface area contributed by atoms with E-state index in [-0.39, 0.29) is 19.1 Å². The van der Waals surface area contributed by atoms with Crippen LogP contribution in [0.2, 0.25) is 0 Å². The quantitative estimate of drug-likeness (QED) is 0.697. The Morgan fingerprint density at radius 3 is 2.64 bits per heavy atom. The number of hydrogen-bond donors (Lipinski definition) is 2. The molecule has 1 saturated heterocycles. The van der Waals surface area contributed by atoms with Gasteiger partial charge in [0.25, 0.3) is 5.91 Å². The van der Waals surface area contributed by atoms with Crippen molar-refractivity contribution < 1.29 is 19.4 Å². The molecule has 1 heterocycles. The Kier molecular flexibility index (Phi) is 5.99. The zero-order chi connectivity index (χ0) is 18.4. The Hall–Kier alpha value is -2.59. The standard InChI is InChI=1S/C18H23N3O4/c1-3-9-18(2)16(23)21(17(24)20-18)11-14(22)12-25-15-6-4-13(5-7-15)8-10-19/h4-7,14,22H,3,8-9,11-12H2,1-2H3,(H,20,24). The molecule has 0 saturated carbocycles. The molecule has 3 amide bonds. The second-order valence-electron chi connectivity index (χ2n) is 6.37. The molecule has 2 rings (SSSR count). The van der Waals surface area contributed by atoms with E-state index in [0.717, 1.165) is 16.9 Å². The third-order valence-corrected chi connectivity index (χ3v) is 4.14. The summed E-state index contributed by atoms with van der Waals surface area (Å²) in [4.78, 5) is 25.4. The maximum Gasteiger partial charge on any atom is 0.325 e. The van der Waals surface area contributed by atoms with Gasteiger partial charge in [-0.1, -0.05) is 25.5 Å². The van der Waals surface area contributed by atoms with Gasteiger partial charge in [0.05, 0.1) is 19.0 Å². The zero-order valence-electron chi connectivity index (χ0n) is 14.5. The number of aliphatic hydroxyl groups excluding tert-OH is 1. The fraction of sp³-hybridized carbons (Fsp3) is 0.500. The predicted molar refractivity (Wildman–Crippen MR) is 90.8 cm³/mol. The molecule has 0 bridgehead atoms. The van der Waals surface area contributed by atoms with E-state index in [1.165, 1.54) is 0 Å². The molecule has 7 heteroatoms. The van der Waals surface area contributed by atoms with Crippen molar-refractivity contribution in [3.8, 4) is 11.8 Å². The van der Waals surface area contributed by atoms with Gasteiger partial charge >= 0.3 is 6.03 Å². The van der Waals surface area contributed by atoms with Crippen molar-refractivity contribution in [2.45, 2.75) is 44.8 Å². The van der Waals surface area contributed by atoms with E-state index in [1.807, 2.05) is 6.92 Å². The van der Waals surface area contributed by atoms with E-state index in [2.05, 4.69) is 11.4 Å². The molecule has 2 N–H and O–H groups in total. The number of amides is 3. The van der Waals surface area contributed by atoms with Crippen LogP contribution in [-0.4, -0.2) is 46.7 Å². The van der Waals surface area contributed by atoms with E-state index in [0.29, 0.717) is 18.6 Å². The summed E-state index contributed by atoms with van der Waals surface area (Å²) < 4.78 is 5.48. The molecule has 0 radical (unpaired) electrons. The lowest BCUT2D eigenvalue weighted by molar-refractivity contribution is -0.132. The Balaban J connectivity index is 1.87. The number of hydrogen-bond acceptors (Lipinski definition) is 5. The van der Waals surface area contributed by atoms with Crippen LogP contribution in [-0.2, 0) is 11.2 Å². The number of carbonyl (C=O) groups excluding carboxylic acids is 2. The van der Waals surface area contributed by atoms with Crippen LogP contribution in [0.15, 0.2) is 24.3 Å². The van der Waals surface area contributed by atoms with E-state index in [1.54, 1.807) is 31.2 Å². The molecule has 2 atom stereocenters. The number of carbonyl (C=O) groups is 2. The number of rotatable bonds is 8. The largest absolute Gasteiger partial charge is 0.491 e. The zero-order valence-corrected chi connectivity index (χ0v) is 14.5. The average Bonchev–Trinajstić information content (AvgIpc) is 2.78. The predicted octanol–water partition coefficient (Wildman–Crippen LogP) is 1.60. The Morgan fingerprint density at radius 2 is 2.04 bits per heavy atom. The Bertz CT molecular complexity index is 668. The summed E-state index contributed by atoms with van der Waals surface area (Å²) in [7, 11) is 0. The molecule has 2 unspecified atom stereocenters. The number of ether oxygens (including phenoxy) is 1. The smallest absolute Gasteiger partial charge is 0.325 e. The summed E-state index contributed by atoms with van der Waals surface area (Å²) in [6, 6.07) is 8.56. The maximum atomic E-state index is 12.4. The first-order chi connectivity index (χ1) is 11.9. The minimum Gasteiger partial charge on any atom is -0.491 e. The van der Waals surface area contributed by atoms with Crippen LogP contribution in [0.1, 0.15) is 32.3 Å². The fourth-order valence-electron chi connectivity index (χ4n) is 2.83. The molecule has 25 heavy (non-hydrogen) atoms. The van der Waals surface area contributed by atoms with Gasteiger partial charge in [-0.05, 0) is 31.0 Å². The minimum absolute atomic E-state index is 0.0425. The summed E-state index contributed by atoms with van der Waals surface area (Å²) in [5.74, 6) is 0.230. The highest BCUT2D eigenvalue weighted by atomic mass is 16.5. The lowest BCUT2D eigenvalue weighted by Gasteiger charge is -2.22. The number of nitrogens with one attached hydrogen (secondary N) is 1.